The first kappa shape index (κ1) is 26.7. The molecule has 1 fully saturated rings. The third-order valence-electron chi connectivity index (χ3n) is 7.52. The Hall–Kier alpha value is -4.50. The van der Waals surface area contributed by atoms with E-state index in [2.05, 4.69) is 4.90 Å². The number of fused-ring (bicyclic) bond motifs is 2. The maximum absolute atomic E-state index is 13.8. The molecule has 0 unspecified atom stereocenters. The molecule has 0 radical (unpaired) electrons. The maximum atomic E-state index is 13.8. The molecule has 4 aromatic rings. The highest BCUT2D eigenvalue weighted by atomic mass is 32.2. The summed E-state index contributed by atoms with van der Waals surface area (Å²) in [7, 11) is 0.00696. The van der Waals surface area contributed by atoms with Crippen LogP contribution >= 0.6 is 0 Å². The minimum atomic E-state index is -1.63. The molecule has 41 heavy (non-hydrogen) atoms. The van der Waals surface area contributed by atoms with Crippen LogP contribution in [0.1, 0.15) is 26.3 Å². The van der Waals surface area contributed by atoms with Crippen LogP contribution in [0.4, 0.5) is 15.8 Å². The highest BCUT2D eigenvalue weighted by molar-refractivity contribution is 7.85. The Labute approximate surface area is 240 Å². The minimum Gasteiger partial charge on any atom is -0.497 e. The van der Waals surface area contributed by atoms with E-state index in [9.17, 15) is 18.2 Å². The first-order chi connectivity index (χ1) is 19.9. The zero-order chi connectivity index (χ0) is 28.5. The van der Waals surface area contributed by atoms with Gasteiger partial charge >= 0.3 is 0 Å². The standard InChI is InChI=1S/C32H28FN3O4S/c1-40-26-13-11-25(12-14-26)34-16-18-35(19-17-34)31(37)23-8-15-30-28(20-23)36(21-22-6-9-24(33)10-7-22)32(38)27-4-2-3-5-29(27)41(30)39/h2-15,20H,16-19,21H2,1H3/t41-/m1/s1. The van der Waals surface area contributed by atoms with Crippen molar-refractivity contribution in [2.75, 3.05) is 43.1 Å². The third-order valence-corrected chi connectivity index (χ3v) is 9.02. The van der Waals surface area contributed by atoms with Crippen LogP contribution in [0, 0.1) is 5.82 Å². The second-order valence-corrected chi connectivity index (χ2v) is 11.4. The number of rotatable bonds is 5. The van der Waals surface area contributed by atoms with Crippen molar-refractivity contribution in [3.05, 3.63) is 114 Å². The molecule has 9 heteroatoms. The lowest BCUT2D eigenvalue weighted by Crippen LogP contribution is -2.48. The summed E-state index contributed by atoms with van der Waals surface area (Å²) in [4.78, 5) is 33.9. The number of methoxy groups -OCH3 is 1. The number of piperazine rings is 1. The summed E-state index contributed by atoms with van der Waals surface area (Å²) in [5, 5.41) is 0. The van der Waals surface area contributed by atoms with Crippen molar-refractivity contribution in [1.82, 2.24) is 4.90 Å². The van der Waals surface area contributed by atoms with Gasteiger partial charge in [0.25, 0.3) is 11.8 Å². The normalized spacial score (nSPS) is 16.6. The Bertz CT molecular complexity index is 1630. The molecule has 1 saturated heterocycles. The first-order valence-electron chi connectivity index (χ1n) is 13.3. The summed E-state index contributed by atoms with van der Waals surface area (Å²) in [6, 6.07) is 25.6. The van der Waals surface area contributed by atoms with Crippen molar-refractivity contribution in [1.29, 1.82) is 0 Å². The van der Waals surface area contributed by atoms with Gasteiger partial charge in [0.05, 0.1) is 45.5 Å². The van der Waals surface area contributed by atoms with Crippen molar-refractivity contribution in [2.24, 2.45) is 0 Å². The molecule has 0 spiro atoms. The Morgan fingerprint density at radius 3 is 2.29 bits per heavy atom. The molecule has 2 amide bonds. The highest BCUT2D eigenvalue weighted by Gasteiger charge is 2.32. The molecule has 6 rings (SSSR count). The van der Waals surface area contributed by atoms with Crippen molar-refractivity contribution < 1.29 is 22.9 Å². The molecule has 0 bridgehead atoms. The van der Waals surface area contributed by atoms with Gasteiger partial charge in [-0.3, -0.25) is 9.59 Å². The molecule has 1 atom stereocenters. The number of benzene rings is 4. The quantitative estimate of drug-likeness (QED) is 0.334. The van der Waals surface area contributed by atoms with E-state index in [-0.39, 0.29) is 24.2 Å². The lowest BCUT2D eigenvalue weighted by molar-refractivity contribution is 0.0746. The van der Waals surface area contributed by atoms with Crippen LogP contribution in [0.15, 0.2) is 101 Å². The zero-order valence-corrected chi connectivity index (χ0v) is 23.3. The monoisotopic (exact) mass is 569 g/mol. The molecule has 2 aliphatic heterocycles. The van der Waals surface area contributed by atoms with Gasteiger partial charge in [-0.15, -0.1) is 0 Å². The van der Waals surface area contributed by atoms with Gasteiger partial charge in [-0.1, -0.05) is 24.3 Å². The van der Waals surface area contributed by atoms with Gasteiger partial charge in [0.15, 0.2) is 0 Å². The molecule has 2 aliphatic rings. The molecule has 7 nitrogen and oxygen atoms in total. The van der Waals surface area contributed by atoms with Gasteiger partial charge in [-0.25, -0.2) is 8.60 Å². The fraction of sp³-hybridized carbons (Fsp3) is 0.188. The average Bonchev–Trinajstić information content (AvgIpc) is 3.11. The molecule has 208 valence electrons. The molecule has 2 heterocycles. The summed E-state index contributed by atoms with van der Waals surface area (Å²) in [6.45, 7) is 2.57. The van der Waals surface area contributed by atoms with Crippen LogP contribution in [0.5, 0.6) is 5.75 Å². The van der Waals surface area contributed by atoms with Gasteiger partial charge in [0, 0.05) is 37.4 Å². The molecule has 0 N–H and O–H groups in total. The number of hydrogen-bond donors (Lipinski definition) is 0. The van der Waals surface area contributed by atoms with Gasteiger partial charge in [0.1, 0.15) is 11.6 Å². The van der Waals surface area contributed by atoms with Crippen LogP contribution in [0.2, 0.25) is 0 Å². The van der Waals surface area contributed by atoms with Crippen molar-refractivity contribution >= 4 is 34.0 Å². The number of anilines is 2. The topological polar surface area (TPSA) is 70.2 Å². The Kier molecular flexibility index (Phi) is 7.28. The Morgan fingerprint density at radius 2 is 1.59 bits per heavy atom. The maximum Gasteiger partial charge on any atom is 0.259 e. The van der Waals surface area contributed by atoms with E-state index < -0.39 is 10.8 Å². The van der Waals surface area contributed by atoms with Gasteiger partial charge < -0.3 is 19.4 Å². The van der Waals surface area contributed by atoms with Gasteiger partial charge in [-0.2, -0.15) is 0 Å². The third kappa shape index (κ3) is 5.20. The molecule has 0 aliphatic carbocycles. The summed E-state index contributed by atoms with van der Waals surface area (Å²) < 4.78 is 32.5. The number of carbonyl (C=O) groups excluding carboxylic acids is 2. The van der Waals surface area contributed by atoms with E-state index in [1.807, 2.05) is 24.3 Å². The second kappa shape index (κ2) is 11.2. The van der Waals surface area contributed by atoms with E-state index in [4.69, 9.17) is 4.74 Å². The van der Waals surface area contributed by atoms with Crippen molar-refractivity contribution in [3.8, 4) is 5.75 Å². The van der Waals surface area contributed by atoms with Crippen LogP contribution in [-0.2, 0) is 17.3 Å². The molecular formula is C32H28FN3O4S. The summed E-state index contributed by atoms with van der Waals surface area (Å²) >= 11 is 0. The van der Waals surface area contributed by atoms with Gasteiger partial charge in [0.2, 0.25) is 0 Å². The number of hydrogen-bond acceptors (Lipinski definition) is 5. The Morgan fingerprint density at radius 1 is 0.878 bits per heavy atom. The SMILES string of the molecule is COc1ccc(N2CCN(C(=O)c3ccc4c(c3)N(Cc3ccc(F)cc3)C(=O)c3ccccc3[S@]4=O)CC2)cc1. The number of amides is 2. The van der Waals surface area contributed by atoms with Crippen LogP contribution in [-0.4, -0.2) is 54.2 Å². The number of halogens is 1. The fourth-order valence-corrected chi connectivity index (χ4v) is 6.61. The number of carbonyl (C=O) groups is 2. The number of ether oxygens (including phenoxy) is 1. The molecular weight excluding hydrogens is 541 g/mol. The van der Waals surface area contributed by atoms with Crippen LogP contribution in [0.3, 0.4) is 0 Å². The fourth-order valence-electron chi connectivity index (χ4n) is 5.27. The van der Waals surface area contributed by atoms with E-state index in [1.165, 1.54) is 17.0 Å². The Balaban J connectivity index is 1.29. The van der Waals surface area contributed by atoms with Crippen LogP contribution in [0.25, 0.3) is 0 Å². The smallest absolute Gasteiger partial charge is 0.259 e. The molecule has 0 aromatic heterocycles. The summed E-state index contributed by atoms with van der Waals surface area (Å²) in [5.74, 6) is -0.0526. The predicted molar refractivity (Wildman–Crippen MR) is 156 cm³/mol. The first-order valence-corrected chi connectivity index (χ1v) is 14.5. The van der Waals surface area contributed by atoms with Crippen LogP contribution < -0.4 is 14.5 Å². The van der Waals surface area contributed by atoms with E-state index in [0.717, 1.165) is 11.4 Å². The lowest BCUT2D eigenvalue weighted by Gasteiger charge is -2.36. The zero-order valence-electron chi connectivity index (χ0n) is 22.5. The lowest BCUT2D eigenvalue weighted by atomic mass is 10.1. The molecule has 4 aromatic carbocycles. The van der Waals surface area contributed by atoms with E-state index in [0.29, 0.717) is 58.3 Å². The van der Waals surface area contributed by atoms with E-state index in [1.54, 1.807) is 66.6 Å². The molecule has 0 saturated carbocycles. The van der Waals surface area contributed by atoms with Crippen molar-refractivity contribution in [2.45, 2.75) is 16.3 Å². The van der Waals surface area contributed by atoms with Gasteiger partial charge in [-0.05, 0) is 72.3 Å². The summed E-state index contributed by atoms with van der Waals surface area (Å²) in [5.41, 5.74) is 2.95. The van der Waals surface area contributed by atoms with Crippen molar-refractivity contribution in [3.63, 3.8) is 0 Å². The second-order valence-electron chi connectivity index (χ2n) is 9.94. The summed E-state index contributed by atoms with van der Waals surface area (Å²) in [6.07, 6.45) is 0. The number of nitrogens with zero attached hydrogens (tertiary/aromatic N) is 3. The minimum absolute atomic E-state index is 0.135. The van der Waals surface area contributed by atoms with E-state index >= 15 is 0 Å². The predicted octanol–water partition coefficient (Wildman–Crippen LogP) is 5.12. The average molecular weight is 570 g/mol. The largest absolute Gasteiger partial charge is 0.497 e. The highest BCUT2D eigenvalue weighted by Crippen LogP contribution is 2.36.